The number of anilines is 1. The molecule has 4 heterocycles. The molecule has 5 rings (SSSR count). The van der Waals surface area contributed by atoms with Gasteiger partial charge in [0.1, 0.15) is 11.5 Å². The maximum atomic E-state index is 13.7. The number of aromatic nitrogens is 5. The van der Waals surface area contributed by atoms with Gasteiger partial charge in [0.05, 0.1) is 18.0 Å². The van der Waals surface area contributed by atoms with Gasteiger partial charge in [-0.25, -0.2) is 24.9 Å². The van der Waals surface area contributed by atoms with E-state index < -0.39 is 11.9 Å². The van der Waals surface area contributed by atoms with Gasteiger partial charge in [0.2, 0.25) is 0 Å². The highest BCUT2D eigenvalue weighted by atomic mass is 19.4. The molecule has 1 unspecified atom stereocenters. The first-order chi connectivity index (χ1) is 16.2. The second kappa shape index (κ2) is 8.30. The summed E-state index contributed by atoms with van der Waals surface area (Å²) in [7, 11) is 0. The van der Waals surface area contributed by atoms with E-state index in [1.54, 1.807) is 24.5 Å². The van der Waals surface area contributed by atoms with Gasteiger partial charge in [0, 0.05) is 37.2 Å². The van der Waals surface area contributed by atoms with Gasteiger partial charge in [-0.05, 0) is 49.8 Å². The van der Waals surface area contributed by atoms with Crippen molar-refractivity contribution in [3.63, 3.8) is 0 Å². The van der Waals surface area contributed by atoms with E-state index >= 15 is 0 Å². The Kier molecular flexibility index (Phi) is 5.41. The second-order valence-corrected chi connectivity index (χ2v) is 8.88. The van der Waals surface area contributed by atoms with Gasteiger partial charge >= 0.3 is 6.18 Å². The number of alkyl halides is 3. The SMILES string of the molecule is Cc1ccc(-c2ncccn2)c(C(=O)N2CC3(CC3)CC2CNc2cnc(C(F)(F)F)cn2)n1. The van der Waals surface area contributed by atoms with E-state index in [9.17, 15) is 18.0 Å². The summed E-state index contributed by atoms with van der Waals surface area (Å²) < 4.78 is 38.2. The van der Waals surface area contributed by atoms with Crippen LogP contribution in [0, 0.1) is 12.3 Å². The fourth-order valence-electron chi connectivity index (χ4n) is 4.39. The molecule has 1 saturated heterocycles. The lowest BCUT2D eigenvalue weighted by Gasteiger charge is -2.25. The highest BCUT2D eigenvalue weighted by Gasteiger charge is 2.53. The molecule has 0 bridgehead atoms. The van der Waals surface area contributed by atoms with Crippen LogP contribution in [0.5, 0.6) is 0 Å². The highest BCUT2D eigenvalue weighted by molar-refractivity contribution is 5.98. The van der Waals surface area contributed by atoms with Gasteiger partial charge in [-0.2, -0.15) is 13.2 Å². The average Bonchev–Trinajstić information content (AvgIpc) is 3.48. The van der Waals surface area contributed by atoms with Crippen LogP contribution in [-0.4, -0.2) is 54.9 Å². The third kappa shape index (κ3) is 4.42. The Morgan fingerprint density at radius 2 is 1.91 bits per heavy atom. The molecule has 3 aromatic rings. The molecular weight excluding hydrogens is 447 g/mol. The van der Waals surface area contributed by atoms with Crippen molar-refractivity contribution in [3.05, 3.63) is 60.1 Å². The summed E-state index contributed by atoms with van der Waals surface area (Å²) in [5.74, 6) is 0.442. The van der Waals surface area contributed by atoms with Crippen molar-refractivity contribution in [1.82, 2.24) is 29.8 Å². The van der Waals surface area contributed by atoms with Gasteiger partial charge < -0.3 is 10.2 Å². The van der Waals surface area contributed by atoms with Crippen LogP contribution >= 0.6 is 0 Å². The number of carbonyl (C=O) groups excluding carboxylic acids is 1. The van der Waals surface area contributed by atoms with E-state index in [0.29, 0.717) is 42.1 Å². The zero-order chi connectivity index (χ0) is 23.9. The maximum absolute atomic E-state index is 13.7. The lowest BCUT2D eigenvalue weighted by atomic mass is 10.0. The number of rotatable bonds is 5. The number of nitrogens with one attached hydrogen (secondary N) is 1. The molecule has 1 amide bonds. The summed E-state index contributed by atoms with van der Waals surface area (Å²) in [6.07, 6.45) is 3.34. The third-order valence-corrected chi connectivity index (χ3v) is 6.34. The van der Waals surface area contributed by atoms with Gasteiger partial charge in [-0.1, -0.05) is 0 Å². The molecule has 176 valence electrons. The Morgan fingerprint density at radius 3 is 2.56 bits per heavy atom. The van der Waals surface area contributed by atoms with Crippen LogP contribution in [0.4, 0.5) is 19.0 Å². The number of hydrogen-bond acceptors (Lipinski definition) is 7. The average molecular weight is 469 g/mol. The number of pyridine rings is 1. The minimum absolute atomic E-state index is 0.0983. The number of likely N-dealkylation sites (tertiary alicyclic amines) is 1. The first kappa shape index (κ1) is 22.2. The standard InChI is InChI=1S/C23H22F3N7O/c1-14-3-4-16(20-27-7-2-8-28-20)19(32-14)21(34)33-13-22(5-6-22)9-15(33)10-30-18-12-29-17(11-31-18)23(24,25)26/h2-4,7-8,11-12,15H,5-6,9-10,13H2,1H3,(H,30,31). The van der Waals surface area contributed by atoms with Crippen molar-refractivity contribution in [1.29, 1.82) is 0 Å². The van der Waals surface area contributed by atoms with Crippen LogP contribution in [0.1, 0.15) is 41.1 Å². The molecule has 0 aromatic carbocycles. The molecule has 1 aliphatic heterocycles. The fourth-order valence-corrected chi connectivity index (χ4v) is 4.39. The molecule has 1 spiro atoms. The number of carbonyl (C=O) groups is 1. The van der Waals surface area contributed by atoms with Crippen LogP contribution in [0.2, 0.25) is 0 Å². The van der Waals surface area contributed by atoms with Crippen LogP contribution in [0.3, 0.4) is 0 Å². The van der Waals surface area contributed by atoms with Crippen molar-refractivity contribution >= 4 is 11.7 Å². The molecule has 1 N–H and O–H groups in total. The Hall–Kier alpha value is -3.63. The molecule has 1 aliphatic carbocycles. The fraction of sp³-hybridized carbons (Fsp3) is 0.391. The van der Waals surface area contributed by atoms with E-state index in [-0.39, 0.29) is 23.2 Å². The quantitative estimate of drug-likeness (QED) is 0.608. The molecule has 34 heavy (non-hydrogen) atoms. The van der Waals surface area contributed by atoms with Crippen molar-refractivity contribution in [2.24, 2.45) is 5.41 Å². The van der Waals surface area contributed by atoms with E-state index in [2.05, 4.69) is 30.2 Å². The molecule has 1 atom stereocenters. The number of halogens is 3. The van der Waals surface area contributed by atoms with Crippen molar-refractivity contribution < 1.29 is 18.0 Å². The monoisotopic (exact) mass is 469 g/mol. The summed E-state index contributed by atoms with van der Waals surface area (Å²) in [5.41, 5.74) is 0.615. The maximum Gasteiger partial charge on any atom is 0.434 e. The summed E-state index contributed by atoms with van der Waals surface area (Å²) in [4.78, 5) is 35.9. The second-order valence-electron chi connectivity index (χ2n) is 8.88. The van der Waals surface area contributed by atoms with Gasteiger partial charge in [0.25, 0.3) is 5.91 Å². The summed E-state index contributed by atoms with van der Waals surface area (Å²) in [5, 5.41) is 3.04. The first-order valence-electron chi connectivity index (χ1n) is 10.9. The summed E-state index contributed by atoms with van der Waals surface area (Å²) >= 11 is 0. The van der Waals surface area contributed by atoms with E-state index in [4.69, 9.17) is 0 Å². The van der Waals surface area contributed by atoms with E-state index in [1.807, 2.05) is 17.9 Å². The molecule has 11 heteroatoms. The predicted octanol–water partition coefficient (Wildman–Crippen LogP) is 3.76. The number of hydrogen-bond donors (Lipinski definition) is 1. The van der Waals surface area contributed by atoms with Crippen molar-refractivity contribution in [2.45, 2.75) is 38.4 Å². The lowest BCUT2D eigenvalue weighted by Crippen LogP contribution is -2.40. The minimum atomic E-state index is -4.54. The van der Waals surface area contributed by atoms with Crippen molar-refractivity contribution in [2.75, 3.05) is 18.4 Å². The van der Waals surface area contributed by atoms with Gasteiger partial charge in [-0.3, -0.25) is 4.79 Å². The number of aryl methyl sites for hydroxylation is 1. The van der Waals surface area contributed by atoms with Crippen LogP contribution in [0.25, 0.3) is 11.4 Å². The van der Waals surface area contributed by atoms with Crippen molar-refractivity contribution in [3.8, 4) is 11.4 Å². The topological polar surface area (TPSA) is 96.8 Å². The molecule has 1 saturated carbocycles. The number of amides is 1. The summed E-state index contributed by atoms with van der Waals surface area (Å²) in [6.45, 7) is 2.78. The predicted molar refractivity (Wildman–Crippen MR) is 117 cm³/mol. The molecule has 3 aromatic heterocycles. The zero-order valence-corrected chi connectivity index (χ0v) is 18.4. The Bertz CT molecular complexity index is 1200. The lowest BCUT2D eigenvalue weighted by molar-refractivity contribution is -0.141. The van der Waals surface area contributed by atoms with Gasteiger partial charge in [0.15, 0.2) is 11.5 Å². The minimum Gasteiger partial charge on any atom is -0.367 e. The molecule has 8 nitrogen and oxygen atoms in total. The van der Waals surface area contributed by atoms with Crippen LogP contribution < -0.4 is 5.32 Å². The normalized spacial score (nSPS) is 18.8. The summed E-state index contributed by atoms with van der Waals surface area (Å²) in [6, 6.07) is 5.16. The van der Waals surface area contributed by atoms with E-state index in [1.165, 1.54) is 0 Å². The van der Waals surface area contributed by atoms with Gasteiger partial charge in [-0.15, -0.1) is 0 Å². The van der Waals surface area contributed by atoms with E-state index in [0.717, 1.165) is 25.5 Å². The Labute approximate surface area is 193 Å². The Morgan fingerprint density at radius 1 is 1.15 bits per heavy atom. The highest BCUT2D eigenvalue weighted by Crippen LogP contribution is 2.55. The largest absolute Gasteiger partial charge is 0.434 e. The van der Waals surface area contributed by atoms with Crippen LogP contribution in [0.15, 0.2) is 43.0 Å². The molecule has 2 aliphatic rings. The third-order valence-electron chi connectivity index (χ3n) is 6.34. The molecule has 2 fully saturated rings. The van der Waals surface area contributed by atoms with Crippen LogP contribution in [-0.2, 0) is 6.18 Å². The first-order valence-corrected chi connectivity index (χ1v) is 10.9. The zero-order valence-electron chi connectivity index (χ0n) is 18.4. The molecule has 0 radical (unpaired) electrons. The number of nitrogens with zero attached hydrogens (tertiary/aromatic N) is 6. The molecular formula is C23H22F3N7O. The smallest absolute Gasteiger partial charge is 0.367 e. The Balaban J connectivity index is 1.37.